The zero-order chi connectivity index (χ0) is 23.9. The number of aromatic nitrogens is 2. The van der Waals surface area contributed by atoms with Crippen LogP contribution in [0.25, 0.3) is 11.3 Å². The van der Waals surface area contributed by atoms with Gasteiger partial charge in [-0.2, -0.15) is 10.4 Å². The van der Waals surface area contributed by atoms with Crippen molar-refractivity contribution in [2.24, 2.45) is 5.10 Å². The fourth-order valence-corrected chi connectivity index (χ4v) is 3.34. The van der Waals surface area contributed by atoms with Gasteiger partial charge in [0, 0.05) is 24.0 Å². The number of methoxy groups -OCH3 is 1. The van der Waals surface area contributed by atoms with Crippen LogP contribution in [-0.2, 0) is 0 Å². The minimum atomic E-state index is -0.528. The molecule has 4 aromatic rings. The molecule has 168 valence electrons. The molecule has 0 spiro atoms. The summed E-state index contributed by atoms with van der Waals surface area (Å²) in [6.45, 7) is 0. The smallest absolute Gasteiger partial charge is 0.270 e. The molecule has 0 saturated heterocycles. The average molecular weight is 451 g/mol. The zero-order valence-electron chi connectivity index (χ0n) is 18.7. The Morgan fingerprint density at radius 1 is 1.03 bits per heavy atom. The van der Waals surface area contributed by atoms with Gasteiger partial charge >= 0.3 is 0 Å². The van der Waals surface area contributed by atoms with Gasteiger partial charge in [0.2, 0.25) is 5.95 Å². The number of aromatic amines is 1. The van der Waals surface area contributed by atoms with E-state index in [2.05, 4.69) is 25.4 Å². The van der Waals surface area contributed by atoms with Gasteiger partial charge in [-0.3, -0.25) is 9.78 Å². The monoisotopic (exact) mass is 450 g/mol. The number of hydrazone groups is 1. The minimum Gasteiger partial charge on any atom is -0.497 e. The number of hydrogen-bond acceptors (Lipinski definition) is 7. The van der Waals surface area contributed by atoms with Gasteiger partial charge in [0.05, 0.1) is 19.0 Å². The van der Waals surface area contributed by atoms with Crippen molar-refractivity contribution in [1.29, 1.82) is 5.26 Å². The van der Waals surface area contributed by atoms with E-state index in [-0.39, 0.29) is 11.5 Å². The van der Waals surface area contributed by atoms with E-state index in [4.69, 9.17) is 4.74 Å². The van der Waals surface area contributed by atoms with Crippen LogP contribution in [0.1, 0.15) is 11.1 Å². The number of benzene rings is 3. The van der Waals surface area contributed by atoms with Crippen molar-refractivity contribution < 1.29 is 4.74 Å². The summed E-state index contributed by atoms with van der Waals surface area (Å²) in [6, 6.07) is 26.7. The van der Waals surface area contributed by atoms with E-state index in [1.54, 1.807) is 25.5 Å². The van der Waals surface area contributed by atoms with Gasteiger partial charge in [0.25, 0.3) is 5.56 Å². The Morgan fingerprint density at radius 3 is 2.29 bits per heavy atom. The predicted octanol–water partition coefficient (Wildman–Crippen LogP) is 4.53. The van der Waals surface area contributed by atoms with Crippen LogP contribution in [0.5, 0.6) is 5.75 Å². The molecule has 0 aliphatic carbocycles. The number of hydrogen-bond donors (Lipinski definition) is 2. The third-order valence-corrected chi connectivity index (χ3v) is 5.20. The lowest BCUT2D eigenvalue weighted by atomic mass is 10.1. The highest BCUT2D eigenvalue weighted by Crippen LogP contribution is 2.25. The van der Waals surface area contributed by atoms with E-state index in [9.17, 15) is 10.1 Å². The van der Waals surface area contributed by atoms with Crippen molar-refractivity contribution in [2.75, 3.05) is 24.5 Å². The molecule has 0 unspecified atom stereocenters. The molecule has 34 heavy (non-hydrogen) atoms. The molecule has 8 heteroatoms. The topological polar surface area (TPSA) is 106 Å². The molecule has 0 fully saturated rings. The summed E-state index contributed by atoms with van der Waals surface area (Å²) < 4.78 is 5.21. The maximum absolute atomic E-state index is 12.3. The molecule has 1 aromatic heterocycles. The van der Waals surface area contributed by atoms with Crippen molar-refractivity contribution in [3.05, 3.63) is 100 Å². The van der Waals surface area contributed by atoms with Crippen LogP contribution in [0.4, 0.5) is 17.3 Å². The summed E-state index contributed by atoms with van der Waals surface area (Å²) >= 11 is 0. The third-order valence-electron chi connectivity index (χ3n) is 5.20. The molecule has 0 aliphatic rings. The quantitative estimate of drug-likeness (QED) is 0.316. The summed E-state index contributed by atoms with van der Waals surface area (Å²) in [5, 5.41) is 13.5. The van der Waals surface area contributed by atoms with E-state index in [0.717, 1.165) is 22.7 Å². The van der Waals surface area contributed by atoms with Crippen LogP contribution >= 0.6 is 0 Å². The molecule has 2 N–H and O–H groups in total. The van der Waals surface area contributed by atoms with Crippen molar-refractivity contribution in [3.8, 4) is 23.1 Å². The zero-order valence-corrected chi connectivity index (χ0v) is 18.7. The highest BCUT2D eigenvalue weighted by Gasteiger charge is 2.12. The second-order valence-corrected chi connectivity index (χ2v) is 7.33. The van der Waals surface area contributed by atoms with Crippen LogP contribution in [-0.4, -0.2) is 30.3 Å². The second kappa shape index (κ2) is 10.1. The highest BCUT2D eigenvalue weighted by molar-refractivity contribution is 5.81. The van der Waals surface area contributed by atoms with Gasteiger partial charge in [-0.1, -0.05) is 42.5 Å². The Morgan fingerprint density at radius 2 is 1.68 bits per heavy atom. The maximum atomic E-state index is 12.3. The van der Waals surface area contributed by atoms with E-state index in [1.807, 2.05) is 79.8 Å². The third kappa shape index (κ3) is 4.95. The van der Waals surface area contributed by atoms with Gasteiger partial charge in [0.1, 0.15) is 17.4 Å². The fourth-order valence-electron chi connectivity index (χ4n) is 3.34. The molecule has 0 saturated carbocycles. The average Bonchev–Trinajstić information content (AvgIpc) is 2.89. The van der Waals surface area contributed by atoms with Crippen molar-refractivity contribution in [1.82, 2.24) is 9.97 Å². The van der Waals surface area contributed by atoms with E-state index in [0.29, 0.717) is 11.3 Å². The molecular formula is C26H22N6O2. The van der Waals surface area contributed by atoms with Crippen LogP contribution in [0.3, 0.4) is 0 Å². The first-order chi connectivity index (χ1) is 16.6. The number of nitriles is 1. The molecule has 0 atom stereocenters. The first kappa shape index (κ1) is 22.3. The lowest BCUT2D eigenvalue weighted by Crippen LogP contribution is -2.16. The summed E-state index contributed by atoms with van der Waals surface area (Å²) in [4.78, 5) is 21.3. The molecule has 4 rings (SSSR count). The maximum Gasteiger partial charge on any atom is 0.270 e. The summed E-state index contributed by atoms with van der Waals surface area (Å²) in [5.41, 5.74) is 6.06. The number of anilines is 3. The Balaban J connectivity index is 1.48. The molecule has 3 aromatic carbocycles. The Bertz CT molecular complexity index is 1390. The van der Waals surface area contributed by atoms with Crippen LogP contribution in [0, 0.1) is 11.3 Å². The molecule has 8 nitrogen and oxygen atoms in total. The van der Waals surface area contributed by atoms with E-state index >= 15 is 0 Å². The summed E-state index contributed by atoms with van der Waals surface area (Å²) in [5.74, 6) is 0.958. The van der Waals surface area contributed by atoms with Crippen LogP contribution in [0.15, 0.2) is 88.8 Å². The highest BCUT2D eigenvalue weighted by atomic mass is 16.5. The molecule has 0 amide bonds. The normalized spacial score (nSPS) is 10.6. The number of nitrogens with zero attached hydrogens (tertiary/aromatic N) is 4. The second-order valence-electron chi connectivity index (χ2n) is 7.33. The van der Waals surface area contributed by atoms with Gasteiger partial charge in [-0.05, 0) is 42.0 Å². The predicted molar refractivity (Wildman–Crippen MR) is 134 cm³/mol. The Kier molecular flexibility index (Phi) is 6.65. The van der Waals surface area contributed by atoms with Crippen molar-refractivity contribution in [3.63, 3.8) is 0 Å². The van der Waals surface area contributed by atoms with Gasteiger partial charge in [-0.25, -0.2) is 10.4 Å². The van der Waals surface area contributed by atoms with Gasteiger partial charge in [0.15, 0.2) is 0 Å². The molecule has 1 heterocycles. The fraction of sp³-hybridized carbons (Fsp3) is 0.0769. The first-order valence-corrected chi connectivity index (χ1v) is 10.5. The molecule has 0 aliphatic heterocycles. The van der Waals surface area contributed by atoms with E-state index < -0.39 is 5.56 Å². The summed E-state index contributed by atoms with van der Waals surface area (Å²) in [6.07, 6.45) is 1.62. The van der Waals surface area contributed by atoms with Crippen LogP contribution in [0.2, 0.25) is 0 Å². The number of H-pyrrole nitrogens is 1. The molecule has 0 radical (unpaired) electrons. The standard InChI is InChI=1S/C26H22N6O2/c1-32(21-12-14-22(34-2)15-13-21)20-10-8-18(9-11-20)17-28-31-26-29-24(19-6-4-3-5-7-19)23(16-27)25(33)30-26/h3-15,17H,1-2H3,(H2,29,30,31,33). The van der Waals surface area contributed by atoms with E-state index in [1.165, 1.54) is 0 Å². The van der Waals surface area contributed by atoms with Crippen LogP contribution < -0.4 is 20.6 Å². The lowest BCUT2D eigenvalue weighted by Gasteiger charge is -2.19. The molecule has 0 bridgehead atoms. The Labute approximate surface area is 196 Å². The number of rotatable bonds is 7. The SMILES string of the molecule is COc1ccc(N(C)c2ccc(C=NNc3nc(-c4ccccc4)c(C#N)c(=O)[nH]3)cc2)cc1. The largest absolute Gasteiger partial charge is 0.497 e. The van der Waals surface area contributed by atoms with Crippen molar-refractivity contribution >= 4 is 23.5 Å². The number of nitrogens with one attached hydrogen (secondary N) is 2. The summed E-state index contributed by atoms with van der Waals surface area (Å²) in [7, 11) is 3.63. The Hall–Kier alpha value is -4.90. The lowest BCUT2D eigenvalue weighted by molar-refractivity contribution is 0.415. The van der Waals surface area contributed by atoms with Gasteiger partial charge in [-0.15, -0.1) is 0 Å². The van der Waals surface area contributed by atoms with Gasteiger partial charge < -0.3 is 9.64 Å². The van der Waals surface area contributed by atoms with Crippen molar-refractivity contribution in [2.45, 2.75) is 0 Å². The number of ether oxygens (including phenoxy) is 1. The minimum absolute atomic E-state index is 0.0442. The molecular weight excluding hydrogens is 428 g/mol. The first-order valence-electron chi connectivity index (χ1n) is 10.5.